The van der Waals surface area contributed by atoms with Gasteiger partial charge in [0.25, 0.3) is 0 Å². The van der Waals surface area contributed by atoms with Gasteiger partial charge in [-0.1, -0.05) is 18.2 Å². The number of hydrogen-bond donors (Lipinski definition) is 2. The Hall–Kier alpha value is -3.30. The first-order chi connectivity index (χ1) is 12.5. The number of nitrogens with two attached hydrogens (primary N) is 1. The summed E-state index contributed by atoms with van der Waals surface area (Å²) in [5.74, 6) is 0.964. The second-order valence-corrected chi connectivity index (χ2v) is 7.10. The average molecular weight is 366 g/mol. The molecular formula is C17H14N6O2S. The van der Waals surface area contributed by atoms with E-state index < -0.39 is 10.0 Å². The van der Waals surface area contributed by atoms with E-state index in [0.29, 0.717) is 17.5 Å². The third-order valence-electron chi connectivity index (χ3n) is 3.76. The Kier molecular flexibility index (Phi) is 3.86. The van der Waals surface area contributed by atoms with Crippen molar-refractivity contribution >= 4 is 32.7 Å². The summed E-state index contributed by atoms with van der Waals surface area (Å²) in [5.41, 5.74) is 2.30. The Morgan fingerprint density at radius 1 is 1.00 bits per heavy atom. The lowest BCUT2D eigenvalue weighted by atomic mass is 10.3. The number of primary sulfonamides is 1. The molecule has 26 heavy (non-hydrogen) atoms. The van der Waals surface area contributed by atoms with Crippen molar-refractivity contribution in [2.45, 2.75) is 4.90 Å². The van der Waals surface area contributed by atoms with Crippen molar-refractivity contribution < 1.29 is 8.42 Å². The van der Waals surface area contributed by atoms with Crippen LogP contribution in [0.1, 0.15) is 0 Å². The Bertz CT molecular complexity index is 1200. The van der Waals surface area contributed by atoms with Gasteiger partial charge in [-0.05, 0) is 36.4 Å². The van der Waals surface area contributed by atoms with Crippen LogP contribution in [0.25, 0.3) is 16.9 Å². The highest BCUT2D eigenvalue weighted by atomic mass is 32.2. The summed E-state index contributed by atoms with van der Waals surface area (Å²) in [7, 11) is -3.78. The van der Waals surface area contributed by atoms with Crippen molar-refractivity contribution in [2.75, 3.05) is 5.32 Å². The minimum atomic E-state index is -3.78. The minimum absolute atomic E-state index is 0.0132. The van der Waals surface area contributed by atoms with Gasteiger partial charge in [0.1, 0.15) is 12.1 Å². The molecule has 0 saturated heterocycles. The van der Waals surface area contributed by atoms with Crippen LogP contribution in [0.5, 0.6) is 0 Å². The molecule has 0 fully saturated rings. The molecule has 0 aliphatic carbocycles. The first-order valence-electron chi connectivity index (χ1n) is 7.66. The summed E-state index contributed by atoms with van der Waals surface area (Å²) in [4.78, 5) is 13.0. The number of rotatable bonds is 4. The number of imidazole rings is 1. The smallest absolute Gasteiger partial charge is 0.238 e. The largest absolute Gasteiger partial charge is 0.324 e. The van der Waals surface area contributed by atoms with Crippen LogP contribution in [0.2, 0.25) is 0 Å². The standard InChI is InChI=1S/C17H14N6O2S/c18-26(24,25)13-5-3-4-12(10-13)21-17-19-9-8-16(22-17)23-11-20-14-6-1-2-7-15(14)23/h1-11H,(H2,18,24,25)(H,19,21,22). The van der Waals surface area contributed by atoms with Crippen molar-refractivity contribution in [3.05, 3.63) is 67.1 Å². The first kappa shape index (κ1) is 16.2. The third kappa shape index (κ3) is 3.13. The van der Waals surface area contributed by atoms with E-state index in [4.69, 9.17) is 5.14 Å². The zero-order valence-corrected chi connectivity index (χ0v) is 14.3. The fraction of sp³-hybridized carbons (Fsp3) is 0. The molecule has 8 nitrogen and oxygen atoms in total. The zero-order chi connectivity index (χ0) is 18.1. The molecule has 0 radical (unpaired) electrons. The van der Waals surface area contributed by atoms with Crippen LogP contribution in [-0.4, -0.2) is 27.9 Å². The molecule has 2 aromatic heterocycles. The van der Waals surface area contributed by atoms with Crippen LogP contribution >= 0.6 is 0 Å². The predicted molar refractivity (Wildman–Crippen MR) is 97.8 cm³/mol. The predicted octanol–water partition coefficient (Wildman–Crippen LogP) is 2.21. The van der Waals surface area contributed by atoms with Gasteiger partial charge in [-0.3, -0.25) is 4.57 Å². The number of aromatic nitrogens is 4. The molecule has 0 amide bonds. The van der Waals surface area contributed by atoms with Gasteiger partial charge in [-0.15, -0.1) is 0 Å². The number of sulfonamides is 1. The molecule has 2 heterocycles. The van der Waals surface area contributed by atoms with Crippen LogP contribution in [0, 0.1) is 0 Å². The molecule has 0 aliphatic heterocycles. The van der Waals surface area contributed by atoms with E-state index in [1.807, 2.05) is 28.8 Å². The number of benzene rings is 2. The SMILES string of the molecule is NS(=O)(=O)c1cccc(Nc2nccc(-n3cnc4ccccc43)n2)c1. The Balaban J connectivity index is 1.69. The van der Waals surface area contributed by atoms with E-state index in [1.165, 1.54) is 12.1 Å². The summed E-state index contributed by atoms with van der Waals surface area (Å²) in [6, 6.07) is 15.6. The van der Waals surface area contributed by atoms with Gasteiger partial charge in [0, 0.05) is 11.9 Å². The highest BCUT2D eigenvalue weighted by Gasteiger charge is 2.10. The van der Waals surface area contributed by atoms with Gasteiger partial charge in [-0.25, -0.2) is 23.5 Å². The van der Waals surface area contributed by atoms with Gasteiger partial charge >= 0.3 is 0 Å². The fourth-order valence-electron chi connectivity index (χ4n) is 2.57. The van der Waals surface area contributed by atoms with Crippen LogP contribution in [0.15, 0.2) is 72.0 Å². The van der Waals surface area contributed by atoms with Gasteiger partial charge in [0.2, 0.25) is 16.0 Å². The number of fused-ring (bicyclic) bond motifs is 1. The second kappa shape index (κ2) is 6.21. The summed E-state index contributed by atoms with van der Waals surface area (Å²) in [6.07, 6.45) is 3.31. The Morgan fingerprint density at radius 3 is 2.69 bits per heavy atom. The number of nitrogens with one attached hydrogen (secondary N) is 1. The lowest BCUT2D eigenvalue weighted by Gasteiger charge is -2.08. The number of hydrogen-bond acceptors (Lipinski definition) is 6. The topological polar surface area (TPSA) is 116 Å². The zero-order valence-electron chi connectivity index (χ0n) is 13.4. The molecular weight excluding hydrogens is 352 g/mol. The lowest BCUT2D eigenvalue weighted by molar-refractivity contribution is 0.598. The number of anilines is 2. The summed E-state index contributed by atoms with van der Waals surface area (Å²) in [6.45, 7) is 0. The summed E-state index contributed by atoms with van der Waals surface area (Å²) in [5, 5.41) is 8.15. The lowest BCUT2D eigenvalue weighted by Crippen LogP contribution is -2.12. The molecule has 130 valence electrons. The van der Waals surface area contributed by atoms with Crippen molar-refractivity contribution in [2.24, 2.45) is 5.14 Å². The molecule has 3 N–H and O–H groups in total. The average Bonchev–Trinajstić information content (AvgIpc) is 3.06. The minimum Gasteiger partial charge on any atom is -0.324 e. The maximum absolute atomic E-state index is 11.5. The van der Waals surface area contributed by atoms with E-state index in [9.17, 15) is 8.42 Å². The van der Waals surface area contributed by atoms with Gasteiger partial charge < -0.3 is 5.32 Å². The van der Waals surface area contributed by atoms with E-state index in [2.05, 4.69) is 20.3 Å². The summed E-state index contributed by atoms with van der Waals surface area (Å²) < 4.78 is 24.8. The molecule has 0 unspecified atom stereocenters. The second-order valence-electron chi connectivity index (χ2n) is 5.54. The maximum Gasteiger partial charge on any atom is 0.238 e. The number of para-hydroxylation sites is 2. The molecule has 0 saturated carbocycles. The van der Waals surface area contributed by atoms with Crippen molar-refractivity contribution in [1.82, 2.24) is 19.5 Å². The molecule has 4 aromatic rings. The molecule has 0 bridgehead atoms. The van der Waals surface area contributed by atoms with Crippen molar-refractivity contribution in [3.63, 3.8) is 0 Å². The number of nitrogens with zero attached hydrogens (tertiary/aromatic N) is 4. The monoisotopic (exact) mass is 366 g/mol. The van der Waals surface area contributed by atoms with Crippen LogP contribution in [0.4, 0.5) is 11.6 Å². The van der Waals surface area contributed by atoms with Gasteiger partial charge in [-0.2, -0.15) is 4.98 Å². The highest BCUT2D eigenvalue weighted by Crippen LogP contribution is 2.20. The molecule has 4 rings (SSSR count). The highest BCUT2D eigenvalue weighted by molar-refractivity contribution is 7.89. The quantitative estimate of drug-likeness (QED) is 0.572. The first-order valence-corrected chi connectivity index (χ1v) is 9.21. The Morgan fingerprint density at radius 2 is 1.85 bits per heavy atom. The van der Waals surface area contributed by atoms with Gasteiger partial charge in [0.05, 0.1) is 15.9 Å². The van der Waals surface area contributed by atoms with Gasteiger partial charge in [0.15, 0.2) is 0 Å². The summed E-state index contributed by atoms with van der Waals surface area (Å²) >= 11 is 0. The molecule has 2 aromatic carbocycles. The molecule has 9 heteroatoms. The molecule has 0 aliphatic rings. The van der Waals surface area contributed by atoms with E-state index in [1.54, 1.807) is 30.7 Å². The van der Waals surface area contributed by atoms with Crippen LogP contribution < -0.4 is 10.5 Å². The Labute approximate surface area is 149 Å². The van der Waals surface area contributed by atoms with Crippen LogP contribution in [0.3, 0.4) is 0 Å². The van der Waals surface area contributed by atoms with Crippen LogP contribution in [-0.2, 0) is 10.0 Å². The normalized spacial score (nSPS) is 11.6. The third-order valence-corrected chi connectivity index (χ3v) is 4.67. The molecule has 0 atom stereocenters. The molecule has 0 spiro atoms. The fourth-order valence-corrected chi connectivity index (χ4v) is 3.12. The van der Waals surface area contributed by atoms with E-state index in [-0.39, 0.29) is 4.90 Å². The van der Waals surface area contributed by atoms with Crippen molar-refractivity contribution in [1.29, 1.82) is 0 Å². The van der Waals surface area contributed by atoms with E-state index >= 15 is 0 Å². The van der Waals surface area contributed by atoms with E-state index in [0.717, 1.165) is 11.0 Å². The maximum atomic E-state index is 11.5. The van der Waals surface area contributed by atoms with Crippen molar-refractivity contribution in [3.8, 4) is 5.82 Å².